The van der Waals surface area contributed by atoms with Crippen LogP contribution in [0.25, 0.3) is 0 Å². The van der Waals surface area contributed by atoms with Crippen molar-refractivity contribution in [2.45, 2.75) is 52.0 Å². The van der Waals surface area contributed by atoms with Crippen LogP contribution in [0.15, 0.2) is 0 Å². The maximum Gasteiger partial charge on any atom is 0.326 e. The molecular formula is C14H29NO3S. The zero-order valence-electron chi connectivity index (χ0n) is 12.5. The molecule has 0 aliphatic heterocycles. The number of carbonyl (C=O) groups is 1. The highest BCUT2D eigenvalue weighted by Gasteiger charge is 2.33. The van der Waals surface area contributed by atoms with E-state index in [0.717, 1.165) is 43.7 Å². The van der Waals surface area contributed by atoms with Crippen molar-refractivity contribution in [3.8, 4) is 0 Å². The van der Waals surface area contributed by atoms with Crippen molar-refractivity contribution in [1.82, 2.24) is 5.32 Å². The number of ether oxygens (including phenoxy) is 1. The summed E-state index contributed by atoms with van der Waals surface area (Å²) in [5.41, 5.74) is -0.562. The molecule has 19 heavy (non-hydrogen) atoms. The first-order valence-corrected chi connectivity index (χ1v) is 8.37. The molecule has 0 spiro atoms. The molecule has 114 valence electrons. The van der Waals surface area contributed by atoms with E-state index in [1.807, 2.05) is 13.8 Å². The molecule has 0 heterocycles. The number of hydrogen-bond acceptors (Lipinski definition) is 5. The van der Waals surface area contributed by atoms with Crippen LogP contribution in [0.2, 0.25) is 0 Å². The van der Waals surface area contributed by atoms with Gasteiger partial charge in [0.15, 0.2) is 0 Å². The van der Waals surface area contributed by atoms with E-state index in [4.69, 9.17) is 9.84 Å². The highest BCUT2D eigenvalue weighted by Crippen LogP contribution is 2.17. The minimum Gasteiger partial charge on any atom is -0.465 e. The summed E-state index contributed by atoms with van der Waals surface area (Å²) < 4.78 is 5.16. The third-order valence-electron chi connectivity index (χ3n) is 2.94. The molecule has 0 aromatic heterocycles. The van der Waals surface area contributed by atoms with Crippen molar-refractivity contribution in [2.75, 3.05) is 31.3 Å². The smallest absolute Gasteiger partial charge is 0.326 e. The molecule has 0 aliphatic carbocycles. The van der Waals surface area contributed by atoms with Crippen LogP contribution in [0.4, 0.5) is 0 Å². The Morgan fingerprint density at radius 1 is 1.32 bits per heavy atom. The van der Waals surface area contributed by atoms with Crippen molar-refractivity contribution in [2.24, 2.45) is 0 Å². The van der Waals surface area contributed by atoms with Gasteiger partial charge in [0.1, 0.15) is 5.54 Å². The van der Waals surface area contributed by atoms with Gasteiger partial charge in [-0.1, -0.05) is 13.3 Å². The molecule has 0 amide bonds. The van der Waals surface area contributed by atoms with Gasteiger partial charge in [-0.15, -0.1) is 0 Å². The molecule has 0 aromatic carbocycles. The van der Waals surface area contributed by atoms with Crippen LogP contribution in [0.1, 0.15) is 46.5 Å². The van der Waals surface area contributed by atoms with E-state index in [9.17, 15) is 4.79 Å². The van der Waals surface area contributed by atoms with E-state index in [1.165, 1.54) is 0 Å². The van der Waals surface area contributed by atoms with Gasteiger partial charge in [-0.25, -0.2) is 0 Å². The Hall–Kier alpha value is -0.260. The molecule has 5 heteroatoms. The van der Waals surface area contributed by atoms with Gasteiger partial charge < -0.3 is 15.2 Å². The summed E-state index contributed by atoms with van der Waals surface area (Å²) in [6.45, 7) is 7.35. The lowest BCUT2D eigenvalue weighted by atomic mass is 9.95. The standard InChI is InChI=1S/C14H29NO3S/c1-4-9-15-14(3,13(17)18-5-2)8-6-7-11-19-12-10-16/h15-16H,4-12H2,1-3H3. The van der Waals surface area contributed by atoms with Gasteiger partial charge >= 0.3 is 5.97 Å². The van der Waals surface area contributed by atoms with E-state index >= 15 is 0 Å². The molecule has 0 rings (SSSR count). The van der Waals surface area contributed by atoms with Gasteiger partial charge in [-0.2, -0.15) is 11.8 Å². The highest BCUT2D eigenvalue weighted by atomic mass is 32.2. The maximum absolute atomic E-state index is 12.0. The Bertz CT molecular complexity index is 239. The molecule has 0 fully saturated rings. The Balaban J connectivity index is 4.08. The minimum atomic E-state index is -0.562. The second-order valence-corrected chi connectivity index (χ2v) is 6.00. The van der Waals surface area contributed by atoms with Crippen LogP contribution < -0.4 is 5.32 Å². The summed E-state index contributed by atoms with van der Waals surface area (Å²) >= 11 is 1.75. The van der Waals surface area contributed by atoms with Crippen molar-refractivity contribution >= 4 is 17.7 Å². The summed E-state index contributed by atoms with van der Waals surface area (Å²) in [7, 11) is 0. The Morgan fingerprint density at radius 3 is 2.63 bits per heavy atom. The second-order valence-electron chi connectivity index (χ2n) is 4.77. The number of nitrogens with one attached hydrogen (secondary N) is 1. The molecule has 1 atom stereocenters. The lowest BCUT2D eigenvalue weighted by Crippen LogP contribution is -2.50. The van der Waals surface area contributed by atoms with Crippen molar-refractivity contribution in [3.05, 3.63) is 0 Å². The number of thioether (sulfide) groups is 1. The maximum atomic E-state index is 12.0. The highest BCUT2D eigenvalue weighted by molar-refractivity contribution is 7.99. The number of aliphatic hydroxyl groups is 1. The van der Waals surface area contributed by atoms with Gasteiger partial charge in [0.2, 0.25) is 0 Å². The molecule has 0 saturated heterocycles. The van der Waals surface area contributed by atoms with Crippen LogP contribution in [-0.2, 0) is 9.53 Å². The van der Waals surface area contributed by atoms with Crippen LogP contribution in [0, 0.1) is 0 Å². The number of esters is 1. The Morgan fingerprint density at radius 2 is 2.05 bits per heavy atom. The lowest BCUT2D eigenvalue weighted by Gasteiger charge is -2.28. The topological polar surface area (TPSA) is 58.6 Å². The summed E-state index contributed by atoms with van der Waals surface area (Å²) in [5.74, 6) is 1.68. The number of carbonyl (C=O) groups excluding carboxylic acids is 1. The fourth-order valence-electron chi connectivity index (χ4n) is 1.80. The SMILES string of the molecule is CCCNC(C)(CCCCSCCO)C(=O)OCC. The monoisotopic (exact) mass is 291 g/mol. The van der Waals surface area contributed by atoms with E-state index in [1.54, 1.807) is 11.8 Å². The van der Waals surface area contributed by atoms with E-state index in [2.05, 4.69) is 12.2 Å². The summed E-state index contributed by atoms with van der Waals surface area (Å²) in [5, 5.41) is 12.0. The summed E-state index contributed by atoms with van der Waals surface area (Å²) in [6, 6.07) is 0. The molecule has 0 saturated carbocycles. The summed E-state index contributed by atoms with van der Waals surface area (Å²) in [6.07, 6.45) is 3.85. The van der Waals surface area contributed by atoms with Gasteiger partial charge in [0, 0.05) is 5.75 Å². The average molecular weight is 291 g/mol. The molecular weight excluding hydrogens is 262 g/mol. The molecule has 4 nitrogen and oxygen atoms in total. The van der Waals surface area contributed by atoms with E-state index < -0.39 is 5.54 Å². The molecule has 0 bridgehead atoms. The van der Waals surface area contributed by atoms with Crippen molar-refractivity contribution < 1.29 is 14.6 Å². The number of rotatable bonds is 12. The van der Waals surface area contributed by atoms with E-state index in [0.29, 0.717) is 6.61 Å². The van der Waals surface area contributed by atoms with Gasteiger partial charge in [-0.3, -0.25) is 4.79 Å². The van der Waals surface area contributed by atoms with Crippen LogP contribution in [0.5, 0.6) is 0 Å². The largest absolute Gasteiger partial charge is 0.465 e. The third-order valence-corrected chi connectivity index (χ3v) is 3.99. The average Bonchev–Trinajstić information content (AvgIpc) is 2.40. The molecule has 0 radical (unpaired) electrons. The lowest BCUT2D eigenvalue weighted by molar-refractivity contribution is -0.150. The first kappa shape index (κ1) is 18.7. The quantitative estimate of drug-likeness (QED) is 0.426. The van der Waals surface area contributed by atoms with Crippen molar-refractivity contribution in [3.63, 3.8) is 0 Å². The predicted octanol–water partition coefficient (Wildman–Crippen LogP) is 2.20. The number of aliphatic hydroxyl groups excluding tert-OH is 1. The van der Waals surface area contributed by atoms with Gasteiger partial charge in [0.25, 0.3) is 0 Å². The number of hydrogen-bond donors (Lipinski definition) is 2. The molecule has 2 N–H and O–H groups in total. The van der Waals surface area contributed by atoms with Gasteiger partial charge in [0.05, 0.1) is 13.2 Å². The Labute approximate surface area is 121 Å². The number of unbranched alkanes of at least 4 members (excludes halogenated alkanes) is 1. The molecule has 0 aliphatic rings. The van der Waals surface area contributed by atoms with Crippen molar-refractivity contribution in [1.29, 1.82) is 0 Å². The fraction of sp³-hybridized carbons (Fsp3) is 0.929. The van der Waals surface area contributed by atoms with Crippen LogP contribution in [0.3, 0.4) is 0 Å². The second kappa shape index (κ2) is 11.6. The molecule has 0 aromatic rings. The van der Waals surface area contributed by atoms with Crippen LogP contribution in [-0.4, -0.2) is 47.9 Å². The Kier molecular flexibility index (Phi) is 11.4. The van der Waals surface area contributed by atoms with E-state index in [-0.39, 0.29) is 12.6 Å². The fourth-order valence-corrected chi connectivity index (χ4v) is 2.54. The first-order valence-electron chi connectivity index (χ1n) is 7.21. The first-order chi connectivity index (χ1) is 9.10. The van der Waals surface area contributed by atoms with Crippen LogP contribution >= 0.6 is 11.8 Å². The third kappa shape index (κ3) is 8.50. The summed E-state index contributed by atoms with van der Waals surface area (Å²) in [4.78, 5) is 12.0. The molecule has 1 unspecified atom stereocenters. The zero-order chi connectivity index (χ0) is 14.6. The predicted molar refractivity (Wildman–Crippen MR) is 81.6 cm³/mol. The minimum absolute atomic E-state index is 0.147. The van der Waals surface area contributed by atoms with Gasteiger partial charge in [-0.05, 0) is 45.4 Å². The zero-order valence-corrected chi connectivity index (χ0v) is 13.4. The normalized spacial score (nSPS) is 14.1.